The first kappa shape index (κ1) is 20.9. The van der Waals surface area contributed by atoms with Crippen molar-refractivity contribution in [1.29, 1.82) is 0 Å². The van der Waals surface area contributed by atoms with Crippen LogP contribution in [0.15, 0.2) is 60.7 Å². The van der Waals surface area contributed by atoms with Gasteiger partial charge < -0.3 is 18.9 Å². The molecule has 0 amide bonds. The summed E-state index contributed by atoms with van der Waals surface area (Å²) >= 11 is 0. The number of carbonyl (C=O) groups excluding carboxylic acids is 1. The second-order valence-corrected chi connectivity index (χ2v) is 6.00. The number of hydrogen-bond acceptors (Lipinski definition) is 5. The average Bonchev–Trinajstić information content (AvgIpc) is 2.72. The van der Waals surface area contributed by atoms with Crippen LogP contribution in [0.3, 0.4) is 0 Å². The van der Waals surface area contributed by atoms with E-state index < -0.39 is 6.10 Å². The van der Waals surface area contributed by atoms with Crippen molar-refractivity contribution in [3.63, 3.8) is 0 Å². The van der Waals surface area contributed by atoms with Crippen LogP contribution in [0.4, 0.5) is 0 Å². The van der Waals surface area contributed by atoms with E-state index in [2.05, 4.69) is 0 Å². The molecule has 27 heavy (non-hydrogen) atoms. The third kappa shape index (κ3) is 8.71. The molecular weight excluding hydrogens is 344 g/mol. The molecule has 0 aliphatic rings. The van der Waals surface area contributed by atoms with Crippen molar-refractivity contribution in [3.8, 4) is 5.75 Å². The van der Waals surface area contributed by atoms with Crippen LogP contribution in [0.25, 0.3) is 0 Å². The highest BCUT2D eigenvalue weighted by atomic mass is 16.6. The Balaban J connectivity index is 1.81. The minimum absolute atomic E-state index is 0.238. The van der Waals surface area contributed by atoms with Gasteiger partial charge in [-0.15, -0.1) is 0 Å². The van der Waals surface area contributed by atoms with Gasteiger partial charge in [0.15, 0.2) is 6.10 Å². The smallest absolute Gasteiger partial charge is 0.338 e. The summed E-state index contributed by atoms with van der Waals surface area (Å²) in [4.78, 5) is 12.3. The Kier molecular flexibility index (Phi) is 10.0. The van der Waals surface area contributed by atoms with Crippen LogP contribution in [-0.2, 0) is 14.2 Å². The Bertz CT molecular complexity index is 630. The Hall–Kier alpha value is -2.37. The molecule has 5 nitrogen and oxygen atoms in total. The lowest BCUT2D eigenvalue weighted by molar-refractivity contribution is -0.0209. The zero-order valence-corrected chi connectivity index (χ0v) is 15.8. The lowest BCUT2D eigenvalue weighted by Crippen LogP contribution is -2.30. The van der Waals surface area contributed by atoms with Gasteiger partial charge in [-0.25, -0.2) is 4.79 Å². The van der Waals surface area contributed by atoms with E-state index in [1.54, 1.807) is 24.3 Å². The van der Waals surface area contributed by atoms with E-state index in [1.807, 2.05) is 43.3 Å². The van der Waals surface area contributed by atoms with Gasteiger partial charge in [-0.2, -0.15) is 0 Å². The summed E-state index contributed by atoms with van der Waals surface area (Å²) in [5.74, 6) is 0.354. The van der Waals surface area contributed by atoms with Gasteiger partial charge in [-0.3, -0.25) is 0 Å². The third-order valence-corrected chi connectivity index (χ3v) is 3.80. The van der Waals surface area contributed by atoms with Crippen LogP contribution in [-0.4, -0.2) is 45.1 Å². The molecule has 1 unspecified atom stereocenters. The van der Waals surface area contributed by atoms with Crippen molar-refractivity contribution in [2.24, 2.45) is 0 Å². The minimum Gasteiger partial charge on any atom is -0.490 e. The van der Waals surface area contributed by atoms with E-state index in [9.17, 15) is 4.79 Å². The van der Waals surface area contributed by atoms with Crippen LogP contribution in [0, 0.1) is 0 Å². The highest BCUT2D eigenvalue weighted by Crippen LogP contribution is 2.11. The number of para-hydroxylation sites is 1. The number of carbonyl (C=O) groups is 1. The zero-order valence-electron chi connectivity index (χ0n) is 15.8. The summed E-state index contributed by atoms with van der Waals surface area (Å²) in [6.45, 7) is 4.58. The molecule has 5 heteroatoms. The van der Waals surface area contributed by atoms with Crippen molar-refractivity contribution in [2.75, 3.05) is 33.0 Å². The van der Waals surface area contributed by atoms with Gasteiger partial charge in [-0.1, -0.05) is 36.4 Å². The standard InChI is InChI=1S/C22H28O5/c1-2-24-15-9-10-16-25-17-21(18-26-20-13-7-4-8-14-20)27-22(23)19-11-5-3-6-12-19/h3-8,11-14,21H,2,9-10,15-18H2,1H3. The summed E-state index contributed by atoms with van der Waals surface area (Å²) in [6, 6.07) is 18.4. The first-order chi connectivity index (χ1) is 13.3. The molecule has 146 valence electrons. The summed E-state index contributed by atoms with van der Waals surface area (Å²) in [5, 5.41) is 0. The molecule has 0 saturated heterocycles. The molecule has 2 aromatic carbocycles. The van der Waals surface area contributed by atoms with Gasteiger partial charge in [0.1, 0.15) is 12.4 Å². The molecule has 2 aromatic rings. The Morgan fingerprint density at radius 1 is 0.852 bits per heavy atom. The SMILES string of the molecule is CCOCCCCOCC(COc1ccccc1)OC(=O)c1ccccc1. The molecule has 0 heterocycles. The Labute approximate surface area is 161 Å². The second-order valence-electron chi connectivity index (χ2n) is 6.00. The summed E-state index contributed by atoms with van der Waals surface area (Å²) in [5.41, 5.74) is 0.513. The molecule has 0 aromatic heterocycles. The van der Waals surface area contributed by atoms with Gasteiger partial charge >= 0.3 is 5.97 Å². The number of ether oxygens (including phenoxy) is 4. The fraction of sp³-hybridized carbons (Fsp3) is 0.409. The normalized spacial score (nSPS) is 11.7. The summed E-state index contributed by atoms with van der Waals surface area (Å²) < 4.78 is 22.3. The van der Waals surface area contributed by atoms with Crippen LogP contribution in [0.1, 0.15) is 30.1 Å². The topological polar surface area (TPSA) is 54.0 Å². The van der Waals surface area contributed by atoms with E-state index in [4.69, 9.17) is 18.9 Å². The lowest BCUT2D eigenvalue weighted by Gasteiger charge is -2.19. The molecule has 0 N–H and O–H groups in total. The molecule has 0 spiro atoms. The van der Waals surface area contributed by atoms with Gasteiger partial charge in [0.25, 0.3) is 0 Å². The Morgan fingerprint density at radius 2 is 1.48 bits per heavy atom. The summed E-state index contributed by atoms with van der Waals surface area (Å²) in [7, 11) is 0. The van der Waals surface area contributed by atoms with Crippen molar-refractivity contribution in [2.45, 2.75) is 25.9 Å². The average molecular weight is 372 g/mol. The molecule has 0 aliphatic carbocycles. The zero-order chi connectivity index (χ0) is 19.2. The molecular formula is C22H28O5. The molecule has 0 saturated carbocycles. The van der Waals surface area contributed by atoms with Gasteiger partial charge in [0.2, 0.25) is 0 Å². The van der Waals surface area contributed by atoms with E-state index in [0.29, 0.717) is 18.8 Å². The number of esters is 1. The molecule has 0 fully saturated rings. The molecule has 1 atom stereocenters. The number of hydrogen-bond donors (Lipinski definition) is 0. The number of unbranched alkanes of at least 4 members (excludes halogenated alkanes) is 1. The maximum Gasteiger partial charge on any atom is 0.338 e. The predicted molar refractivity (Wildman–Crippen MR) is 104 cm³/mol. The highest BCUT2D eigenvalue weighted by molar-refractivity contribution is 5.89. The summed E-state index contributed by atoms with van der Waals surface area (Å²) in [6.07, 6.45) is 1.37. The third-order valence-electron chi connectivity index (χ3n) is 3.80. The number of rotatable bonds is 13. The number of benzene rings is 2. The van der Waals surface area contributed by atoms with Crippen LogP contribution < -0.4 is 4.74 Å². The van der Waals surface area contributed by atoms with Crippen molar-refractivity contribution in [3.05, 3.63) is 66.2 Å². The van der Waals surface area contributed by atoms with E-state index in [0.717, 1.165) is 31.8 Å². The van der Waals surface area contributed by atoms with Crippen LogP contribution >= 0.6 is 0 Å². The van der Waals surface area contributed by atoms with E-state index >= 15 is 0 Å². The van der Waals surface area contributed by atoms with Crippen LogP contribution in [0.2, 0.25) is 0 Å². The maximum atomic E-state index is 12.3. The van der Waals surface area contributed by atoms with Crippen molar-refractivity contribution in [1.82, 2.24) is 0 Å². The van der Waals surface area contributed by atoms with Gasteiger partial charge in [0.05, 0.1) is 12.2 Å². The van der Waals surface area contributed by atoms with Gasteiger partial charge in [-0.05, 0) is 44.0 Å². The minimum atomic E-state index is -0.482. The monoisotopic (exact) mass is 372 g/mol. The molecule has 0 aliphatic heterocycles. The first-order valence-electron chi connectivity index (χ1n) is 9.39. The van der Waals surface area contributed by atoms with Gasteiger partial charge in [0, 0.05) is 19.8 Å². The van der Waals surface area contributed by atoms with Crippen molar-refractivity contribution >= 4 is 5.97 Å². The fourth-order valence-corrected chi connectivity index (χ4v) is 2.38. The first-order valence-corrected chi connectivity index (χ1v) is 9.39. The lowest BCUT2D eigenvalue weighted by atomic mass is 10.2. The fourth-order valence-electron chi connectivity index (χ4n) is 2.38. The highest BCUT2D eigenvalue weighted by Gasteiger charge is 2.17. The quantitative estimate of drug-likeness (QED) is 0.391. The van der Waals surface area contributed by atoms with Crippen molar-refractivity contribution < 1.29 is 23.7 Å². The maximum absolute atomic E-state index is 12.3. The molecule has 0 bridgehead atoms. The van der Waals surface area contributed by atoms with E-state index in [1.165, 1.54) is 0 Å². The predicted octanol–water partition coefficient (Wildman–Crippen LogP) is 4.12. The second kappa shape index (κ2) is 12.9. The van der Waals surface area contributed by atoms with E-state index in [-0.39, 0.29) is 12.6 Å². The molecule has 0 radical (unpaired) electrons. The molecule has 2 rings (SSSR count). The largest absolute Gasteiger partial charge is 0.490 e. The Morgan fingerprint density at radius 3 is 2.15 bits per heavy atom. The van der Waals surface area contributed by atoms with Crippen LogP contribution in [0.5, 0.6) is 5.75 Å².